The lowest BCUT2D eigenvalue weighted by molar-refractivity contribution is -0.108. The predicted molar refractivity (Wildman–Crippen MR) is 83.4 cm³/mol. The number of carbonyl (C=O) groups excluding carboxylic acids is 1. The molecule has 0 aliphatic carbocycles. The number of carbonyl (C=O) groups is 1. The van der Waals surface area contributed by atoms with Crippen LogP contribution in [0.1, 0.15) is 25.3 Å². The van der Waals surface area contributed by atoms with Gasteiger partial charge in [-0.1, -0.05) is 38.1 Å². The fraction of sp³-hybridized carbons (Fsp3) is 0.312. The van der Waals surface area contributed by atoms with E-state index in [0.29, 0.717) is 17.6 Å². The zero-order valence-corrected chi connectivity index (χ0v) is 12.4. The molecule has 1 N–H and O–H groups in total. The van der Waals surface area contributed by atoms with Crippen LogP contribution in [0.3, 0.4) is 0 Å². The van der Waals surface area contributed by atoms with Crippen molar-refractivity contribution >= 4 is 17.8 Å². The zero-order valence-electron chi connectivity index (χ0n) is 12.4. The minimum atomic E-state index is -0.370. The lowest BCUT2D eigenvalue weighted by atomic mass is 9.97. The highest BCUT2D eigenvalue weighted by Gasteiger charge is 2.27. The van der Waals surface area contributed by atoms with E-state index in [1.54, 1.807) is 6.20 Å². The van der Waals surface area contributed by atoms with Gasteiger partial charge in [-0.05, 0) is 11.5 Å². The summed E-state index contributed by atoms with van der Waals surface area (Å²) in [5, 5.41) is 3.10. The summed E-state index contributed by atoms with van der Waals surface area (Å²) in [5.41, 5.74) is 3.10. The maximum atomic E-state index is 11.0. The number of benzene rings is 1. The zero-order chi connectivity index (χ0) is 15.0. The van der Waals surface area contributed by atoms with Crippen molar-refractivity contribution in [3.8, 4) is 11.4 Å². The van der Waals surface area contributed by atoms with Crippen LogP contribution in [0.15, 0.2) is 30.5 Å². The molecule has 5 nitrogen and oxygen atoms in total. The van der Waals surface area contributed by atoms with E-state index in [1.165, 1.54) is 5.56 Å². The van der Waals surface area contributed by atoms with Gasteiger partial charge in [0.25, 0.3) is 0 Å². The molecule has 1 aliphatic heterocycles. The molecule has 1 unspecified atom stereocenters. The Bertz CT molecular complexity index is 684. The molecule has 0 bridgehead atoms. The summed E-state index contributed by atoms with van der Waals surface area (Å²) >= 11 is 0. The van der Waals surface area contributed by atoms with Crippen molar-refractivity contribution in [2.24, 2.45) is 0 Å². The number of aromatic nitrogens is 2. The Hall–Kier alpha value is -2.43. The normalized spacial score (nSPS) is 16.8. The molecule has 0 fully saturated rings. The number of nitrogens with zero attached hydrogens (tertiary/aromatic N) is 3. The highest BCUT2D eigenvalue weighted by atomic mass is 16.1. The Morgan fingerprint density at radius 2 is 2.10 bits per heavy atom. The molecule has 21 heavy (non-hydrogen) atoms. The van der Waals surface area contributed by atoms with E-state index in [2.05, 4.69) is 35.2 Å². The summed E-state index contributed by atoms with van der Waals surface area (Å²) in [7, 11) is 1.85. The van der Waals surface area contributed by atoms with Gasteiger partial charge in [0, 0.05) is 12.6 Å². The van der Waals surface area contributed by atoms with Crippen LogP contribution in [0.4, 0.5) is 11.5 Å². The molecule has 108 valence electrons. The number of anilines is 2. The van der Waals surface area contributed by atoms with Gasteiger partial charge >= 0.3 is 0 Å². The molecule has 2 heterocycles. The van der Waals surface area contributed by atoms with Crippen molar-refractivity contribution in [3.05, 3.63) is 36.0 Å². The number of likely N-dealkylation sites (N-methyl/N-ethyl adjacent to an activating group) is 1. The average molecular weight is 282 g/mol. The molecule has 5 heteroatoms. The number of hydrogen-bond acceptors (Lipinski definition) is 5. The second-order valence-corrected chi connectivity index (χ2v) is 5.51. The summed E-state index contributed by atoms with van der Waals surface area (Å²) in [6, 6.07) is 8.16. The minimum Gasteiger partial charge on any atom is -0.344 e. The molecular weight excluding hydrogens is 264 g/mol. The number of rotatable bonds is 3. The summed E-state index contributed by atoms with van der Waals surface area (Å²) < 4.78 is 0. The monoisotopic (exact) mass is 282 g/mol. The van der Waals surface area contributed by atoms with Gasteiger partial charge in [-0.2, -0.15) is 0 Å². The standard InChI is InChI=1S/C16H18N4O/c1-10(2)11-6-4-5-7-12(11)15-17-8-13-16(19-15)18-14(9-21)20(13)3/h4-10,14H,1-3H3,(H,17,18,19). The van der Waals surface area contributed by atoms with Gasteiger partial charge < -0.3 is 10.2 Å². The Morgan fingerprint density at radius 3 is 2.81 bits per heavy atom. The van der Waals surface area contributed by atoms with Crippen LogP contribution in [0.25, 0.3) is 11.4 Å². The molecule has 0 radical (unpaired) electrons. The van der Waals surface area contributed by atoms with Crippen molar-refractivity contribution in [2.75, 3.05) is 17.3 Å². The van der Waals surface area contributed by atoms with Crippen molar-refractivity contribution in [3.63, 3.8) is 0 Å². The Morgan fingerprint density at radius 1 is 1.33 bits per heavy atom. The maximum absolute atomic E-state index is 11.0. The van der Waals surface area contributed by atoms with Gasteiger partial charge in [0.05, 0.1) is 6.20 Å². The van der Waals surface area contributed by atoms with Crippen molar-refractivity contribution in [1.29, 1.82) is 0 Å². The van der Waals surface area contributed by atoms with Gasteiger partial charge in [0.2, 0.25) is 0 Å². The van der Waals surface area contributed by atoms with Crippen LogP contribution in [0.2, 0.25) is 0 Å². The first-order valence-electron chi connectivity index (χ1n) is 7.03. The number of fused-ring (bicyclic) bond motifs is 1. The fourth-order valence-electron chi connectivity index (χ4n) is 2.59. The highest BCUT2D eigenvalue weighted by Crippen LogP contribution is 2.33. The average Bonchev–Trinajstić information content (AvgIpc) is 2.83. The van der Waals surface area contributed by atoms with Gasteiger partial charge in [-0.3, -0.25) is 4.79 Å². The predicted octanol–water partition coefficient (Wildman–Crippen LogP) is 2.65. The third-order valence-corrected chi connectivity index (χ3v) is 3.80. The molecule has 0 amide bonds. The first-order chi connectivity index (χ1) is 10.1. The third kappa shape index (κ3) is 2.24. The second kappa shape index (κ2) is 5.16. The van der Waals surface area contributed by atoms with E-state index in [1.807, 2.05) is 30.1 Å². The summed E-state index contributed by atoms with van der Waals surface area (Å²) in [6.07, 6.45) is 2.26. The second-order valence-electron chi connectivity index (χ2n) is 5.51. The Labute approximate surface area is 124 Å². The van der Waals surface area contributed by atoms with Gasteiger partial charge in [0.1, 0.15) is 5.69 Å². The molecule has 0 saturated carbocycles. The fourth-order valence-corrected chi connectivity index (χ4v) is 2.59. The van der Waals surface area contributed by atoms with Crippen LogP contribution >= 0.6 is 0 Å². The van der Waals surface area contributed by atoms with Crippen LogP contribution < -0.4 is 10.2 Å². The van der Waals surface area contributed by atoms with E-state index >= 15 is 0 Å². The molecule has 1 aromatic carbocycles. The molecule has 0 saturated heterocycles. The quantitative estimate of drug-likeness (QED) is 0.877. The van der Waals surface area contributed by atoms with Crippen molar-refractivity contribution in [2.45, 2.75) is 25.9 Å². The largest absolute Gasteiger partial charge is 0.344 e. The van der Waals surface area contributed by atoms with Gasteiger partial charge in [-0.25, -0.2) is 9.97 Å². The smallest absolute Gasteiger partial charge is 0.162 e. The highest BCUT2D eigenvalue weighted by molar-refractivity contribution is 5.82. The maximum Gasteiger partial charge on any atom is 0.162 e. The van der Waals surface area contributed by atoms with Crippen LogP contribution in [0.5, 0.6) is 0 Å². The van der Waals surface area contributed by atoms with E-state index in [0.717, 1.165) is 17.5 Å². The van der Waals surface area contributed by atoms with Crippen LogP contribution in [-0.2, 0) is 4.79 Å². The van der Waals surface area contributed by atoms with Gasteiger partial charge in [-0.15, -0.1) is 0 Å². The summed E-state index contributed by atoms with van der Waals surface area (Å²) in [6.45, 7) is 4.31. The topological polar surface area (TPSA) is 58.1 Å². The van der Waals surface area contributed by atoms with Crippen molar-refractivity contribution in [1.82, 2.24) is 9.97 Å². The lowest BCUT2D eigenvalue weighted by Gasteiger charge is -2.15. The van der Waals surface area contributed by atoms with Crippen LogP contribution in [-0.4, -0.2) is 29.5 Å². The molecule has 3 rings (SSSR count). The van der Waals surface area contributed by atoms with E-state index in [9.17, 15) is 4.79 Å². The molecule has 1 aromatic heterocycles. The lowest BCUT2D eigenvalue weighted by Crippen LogP contribution is -2.33. The summed E-state index contributed by atoms with van der Waals surface area (Å²) in [5.74, 6) is 1.79. The molecule has 2 aromatic rings. The number of hydrogen-bond donors (Lipinski definition) is 1. The number of nitrogens with one attached hydrogen (secondary N) is 1. The van der Waals surface area contributed by atoms with Gasteiger partial charge in [0.15, 0.2) is 24.1 Å². The minimum absolute atomic E-state index is 0.370. The molecular formula is C16H18N4O. The van der Waals surface area contributed by atoms with E-state index in [-0.39, 0.29) is 6.17 Å². The van der Waals surface area contributed by atoms with E-state index in [4.69, 9.17) is 0 Å². The van der Waals surface area contributed by atoms with E-state index < -0.39 is 0 Å². The molecule has 0 spiro atoms. The third-order valence-electron chi connectivity index (χ3n) is 3.80. The number of aldehydes is 1. The van der Waals surface area contributed by atoms with Crippen molar-refractivity contribution < 1.29 is 4.79 Å². The first-order valence-corrected chi connectivity index (χ1v) is 7.03. The first kappa shape index (κ1) is 13.5. The molecule has 1 aliphatic rings. The SMILES string of the molecule is CC(C)c1ccccc1-c1ncc2c(n1)NC(C=O)N2C. The Kier molecular flexibility index (Phi) is 3.33. The molecule has 1 atom stereocenters. The van der Waals surface area contributed by atoms with Crippen LogP contribution in [0, 0.1) is 0 Å². The summed E-state index contributed by atoms with van der Waals surface area (Å²) in [4.78, 5) is 21.9. The Balaban J connectivity index is 2.06.